The summed E-state index contributed by atoms with van der Waals surface area (Å²) in [5.74, 6) is 1.52. The van der Waals surface area contributed by atoms with Crippen LogP contribution in [0.3, 0.4) is 0 Å². The van der Waals surface area contributed by atoms with Crippen LogP contribution in [0.25, 0.3) is 5.57 Å². The van der Waals surface area contributed by atoms with Gasteiger partial charge in [0.25, 0.3) is 0 Å². The maximum atomic E-state index is 5.38. The van der Waals surface area contributed by atoms with Crippen molar-refractivity contribution in [3.63, 3.8) is 0 Å². The second-order valence-corrected chi connectivity index (χ2v) is 16.8. The fourth-order valence-corrected chi connectivity index (χ4v) is 11.2. The first-order valence-electron chi connectivity index (χ1n) is 19.0. The zero-order valence-electron chi connectivity index (χ0n) is 29.2. The fourth-order valence-electron chi connectivity index (χ4n) is 10.1. The molecule has 3 heterocycles. The number of nitrogens with one attached hydrogen (secondary N) is 1. The molecular formula is C49H38IN3. The number of fused-ring (bicyclic) bond motifs is 3. The van der Waals surface area contributed by atoms with Gasteiger partial charge in [-0.15, -0.1) is 0 Å². The van der Waals surface area contributed by atoms with Crippen molar-refractivity contribution in [2.24, 2.45) is 28.7 Å². The molecule has 0 bridgehead atoms. The van der Waals surface area contributed by atoms with Gasteiger partial charge < -0.3 is 5.32 Å². The summed E-state index contributed by atoms with van der Waals surface area (Å²) >= 11 is 2.63. The molecule has 6 aliphatic carbocycles. The van der Waals surface area contributed by atoms with Crippen molar-refractivity contribution in [1.82, 2.24) is 10.3 Å². The summed E-state index contributed by atoms with van der Waals surface area (Å²) in [4.78, 5) is 10.0. The predicted octanol–water partition coefficient (Wildman–Crippen LogP) is 11.0. The van der Waals surface area contributed by atoms with E-state index in [9.17, 15) is 0 Å². The van der Waals surface area contributed by atoms with E-state index < -0.39 is 0 Å². The average Bonchev–Trinajstić information content (AvgIpc) is 3.22. The molecule has 4 heteroatoms. The predicted molar refractivity (Wildman–Crippen MR) is 225 cm³/mol. The van der Waals surface area contributed by atoms with Crippen LogP contribution in [-0.4, -0.2) is 20.7 Å². The van der Waals surface area contributed by atoms with Crippen molar-refractivity contribution >= 4 is 39.6 Å². The lowest BCUT2D eigenvalue weighted by molar-refractivity contribution is 0.469. The number of hydrogen-bond acceptors (Lipinski definition) is 3. The van der Waals surface area contributed by atoms with E-state index >= 15 is 0 Å². The third-order valence-electron chi connectivity index (χ3n) is 12.6. The van der Waals surface area contributed by atoms with E-state index in [4.69, 9.17) is 4.99 Å². The minimum absolute atomic E-state index is 0.0589. The molecule has 7 atom stereocenters. The number of hydrogen-bond donors (Lipinski definition) is 1. The lowest BCUT2D eigenvalue weighted by Gasteiger charge is -2.46. The molecule has 3 aromatic rings. The van der Waals surface area contributed by atoms with Crippen molar-refractivity contribution in [2.75, 3.05) is 0 Å². The molecule has 0 saturated carbocycles. The molecule has 11 rings (SSSR count). The number of dihydropyridines is 1. The number of halogens is 1. The number of nitrogens with zero attached hydrogens (tertiary/aromatic N) is 2. The van der Waals surface area contributed by atoms with Crippen LogP contribution in [-0.2, 0) is 0 Å². The molecule has 8 aliphatic rings. The van der Waals surface area contributed by atoms with Crippen LogP contribution in [0.15, 0.2) is 208 Å². The van der Waals surface area contributed by atoms with Crippen LogP contribution in [0.1, 0.15) is 35.6 Å². The number of benzene rings is 2. The van der Waals surface area contributed by atoms with E-state index in [1.807, 2.05) is 12.3 Å². The minimum atomic E-state index is 0.0589. The van der Waals surface area contributed by atoms with Crippen molar-refractivity contribution in [1.29, 1.82) is 0 Å². The first kappa shape index (κ1) is 31.5. The Morgan fingerprint density at radius 1 is 0.698 bits per heavy atom. The molecule has 7 unspecified atom stereocenters. The van der Waals surface area contributed by atoms with Crippen LogP contribution in [0.2, 0.25) is 0 Å². The second kappa shape index (κ2) is 12.5. The van der Waals surface area contributed by atoms with Gasteiger partial charge in [-0.25, -0.2) is 0 Å². The van der Waals surface area contributed by atoms with Gasteiger partial charge in [0, 0.05) is 39.7 Å². The van der Waals surface area contributed by atoms with Gasteiger partial charge in [0.05, 0.1) is 28.8 Å². The van der Waals surface area contributed by atoms with Gasteiger partial charge in [-0.2, -0.15) is 0 Å². The molecule has 0 amide bonds. The Labute approximate surface area is 325 Å². The number of aromatic nitrogens is 1. The van der Waals surface area contributed by atoms with Crippen LogP contribution in [0.4, 0.5) is 5.69 Å². The lowest BCUT2D eigenvalue weighted by atomic mass is 9.58. The van der Waals surface area contributed by atoms with Gasteiger partial charge in [0.2, 0.25) is 0 Å². The Morgan fingerprint density at radius 2 is 1.53 bits per heavy atom. The number of allylic oxidation sites excluding steroid dienone is 19. The van der Waals surface area contributed by atoms with E-state index in [-0.39, 0.29) is 17.9 Å². The number of aliphatic imine (C=N–C) groups is 1. The summed E-state index contributed by atoms with van der Waals surface area (Å²) in [5.41, 5.74) is 18.5. The third-order valence-corrected chi connectivity index (χ3v) is 13.7. The molecule has 0 radical (unpaired) electrons. The normalized spacial score (nSPS) is 30.0. The van der Waals surface area contributed by atoms with Crippen molar-refractivity contribution in [3.05, 3.63) is 220 Å². The zero-order valence-corrected chi connectivity index (χ0v) is 31.4. The maximum Gasteiger partial charge on any atom is 0.0726 e. The number of pyridine rings is 1. The van der Waals surface area contributed by atoms with Crippen molar-refractivity contribution in [3.8, 4) is 0 Å². The highest BCUT2D eigenvalue weighted by atomic mass is 127. The van der Waals surface area contributed by atoms with Crippen LogP contribution in [0, 0.1) is 23.7 Å². The lowest BCUT2D eigenvalue weighted by Crippen LogP contribution is -2.42. The molecule has 53 heavy (non-hydrogen) atoms. The summed E-state index contributed by atoms with van der Waals surface area (Å²) < 4.78 is 0.414. The Balaban J connectivity index is 0.926. The molecule has 2 aliphatic heterocycles. The summed E-state index contributed by atoms with van der Waals surface area (Å²) in [6.45, 7) is 0. The molecule has 0 saturated heterocycles. The van der Waals surface area contributed by atoms with Gasteiger partial charge >= 0.3 is 0 Å². The zero-order chi connectivity index (χ0) is 35.0. The molecular weight excluding hydrogens is 757 g/mol. The quantitative estimate of drug-likeness (QED) is 0.211. The first-order valence-corrected chi connectivity index (χ1v) is 20.2. The van der Waals surface area contributed by atoms with Gasteiger partial charge in [0.15, 0.2) is 0 Å². The third kappa shape index (κ3) is 5.05. The Hall–Kier alpha value is -5.07. The van der Waals surface area contributed by atoms with Gasteiger partial charge in [-0.1, -0.05) is 167 Å². The van der Waals surface area contributed by atoms with Crippen molar-refractivity contribution in [2.45, 2.75) is 28.7 Å². The monoisotopic (exact) mass is 795 g/mol. The summed E-state index contributed by atoms with van der Waals surface area (Å²) in [7, 11) is 0. The summed E-state index contributed by atoms with van der Waals surface area (Å²) in [6.07, 6.45) is 35.2. The van der Waals surface area contributed by atoms with Gasteiger partial charge in [-0.05, 0) is 75.6 Å². The van der Waals surface area contributed by atoms with Gasteiger partial charge in [0.1, 0.15) is 0 Å². The first-order chi connectivity index (χ1) is 26.2. The largest absolute Gasteiger partial charge is 0.373 e. The van der Waals surface area contributed by atoms with E-state index in [0.29, 0.717) is 21.7 Å². The molecule has 256 valence electrons. The average molecular weight is 796 g/mol. The standard InChI is InChI=1S/C49H38IN3/c50-41-28-33(18-24-38(41)42-11-6-7-27-51-42)34-20-13-30-16-23-37-35(21-14-31-15-22-36(34)46(30)47(31)37)44-26-19-32-17-25-40-45(29-8-2-1-3-9-29)39-10-4-5-12-43(39)53-49(40)48(32)52-44/h1-19,21-27,34,40-41,44-47,52H,20,28H2. The molecule has 1 N–H and O–H groups in total. The Morgan fingerprint density at radius 3 is 2.42 bits per heavy atom. The van der Waals surface area contributed by atoms with Gasteiger partial charge in [-0.3, -0.25) is 9.98 Å². The summed E-state index contributed by atoms with van der Waals surface area (Å²) in [5, 5.41) is 4.06. The smallest absolute Gasteiger partial charge is 0.0726 e. The summed E-state index contributed by atoms with van der Waals surface area (Å²) in [6, 6.07) is 25.9. The molecule has 2 aromatic carbocycles. The Bertz CT molecular complexity index is 2460. The molecule has 3 nitrogen and oxygen atoms in total. The number of para-hydroxylation sites is 1. The molecule has 0 spiro atoms. The minimum Gasteiger partial charge on any atom is -0.373 e. The van der Waals surface area contributed by atoms with E-state index in [1.165, 1.54) is 50.3 Å². The SMILES string of the molecule is IC1CC(C2CC=C3C=CC4=C(C5C=CC6=C(N5)C5=Nc7ccccc7C(c7ccccc7)C5C=C6)C=CC5=CC=C2C3C54)=CC=C1c1ccccn1. The maximum absolute atomic E-state index is 5.38. The highest BCUT2D eigenvalue weighted by Gasteiger charge is 2.44. The fraction of sp³-hybridized carbons (Fsp3) is 0.184. The van der Waals surface area contributed by atoms with E-state index in [2.05, 4.69) is 179 Å². The van der Waals surface area contributed by atoms with Crippen molar-refractivity contribution < 1.29 is 0 Å². The van der Waals surface area contributed by atoms with Crippen LogP contribution >= 0.6 is 22.6 Å². The van der Waals surface area contributed by atoms with E-state index in [0.717, 1.165) is 29.9 Å². The number of alkyl halides is 1. The Kier molecular flexibility index (Phi) is 7.43. The van der Waals surface area contributed by atoms with Crippen LogP contribution < -0.4 is 5.32 Å². The molecule has 1 aromatic heterocycles. The second-order valence-electron chi connectivity index (χ2n) is 15.2. The molecule has 0 fully saturated rings. The topological polar surface area (TPSA) is 37.3 Å². The van der Waals surface area contributed by atoms with E-state index in [1.54, 1.807) is 11.1 Å². The highest BCUT2D eigenvalue weighted by molar-refractivity contribution is 14.1. The number of rotatable bonds is 4. The van der Waals surface area contributed by atoms with Crippen LogP contribution in [0.5, 0.6) is 0 Å². The highest BCUT2D eigenvalue weighted by Crippen LogP contribution is 2.55.